The number of nitrogens with zero attached hydrogens (tertiary/aromatic N) is 2. The second kappa shape index (κ2) is 7.48. The molecule has 0 fully saturated rings. The Morgan fingerprint density at radius 3 is 2.81 bits per heavy atom. The van der Waals surface area contributed by atoms with Gasteiger partial charge in [-0.05, 0) is 44.5 Å². The van der Waals surface area contributed by atoms with Crippen LogP contribution in [0.2, 0.25) is 5.02 Å². The zero-order valence-corrected chi connectivity index (χ0v) is 13.0. The van der Waals surface area contributed by atoms with Gasteiger partial charge in [0.1, 0.15) is 11.6 Å². The monoisotopic (exact) mass is 307 g/mol. The van der Waals surface area contributed by atoms with E-state index in [4.69, 9.17) is 11.6 Å². The van der Waals surface area contributed by atoms with Crippen molar-refractivity contribution >= 4 is 11.6 Å². The van der Waals surface area contributed by atoms with Gasteiger partial charge in [-0.1, -0.05) is 24.6 Å². The second-order valence-corrected chi connectivity index (χ2v) is 5.35. The smallest absolute Gasteiger partial charge is 0.127 e. The highest BCUT2D eigenvalue weighted by molar-refractivity contribution is 6.31. The van der Waals surface area contributed by atoms with Crippen molar-refractivity contribution in [3.63, 3.8) is 0 Å². The van der Waals surface area contributed by atoms with E-state index in [2.05, 4.69) is 22.2 Å². The lowest BCUT2D eigenvalue weighted by atomic mass is 10.0. The molecule has 1 atom stereocenters. The van der Waals surface area contributed by atoms with Crippen LogP contribution >= 0.6 is 11.6 Å². The normalized spacial score (nSPS) is 12.4. The molecule has 0 spiro atoms. The van der Waals surface area contributed by atoms with Crippen LogP contribution in [0.3, 0.4) is 0 Å². The molecular formula is C16H19ClFN3. The summed E-state index contributed by atoms with van der Waals surface area (Å²) in [5, 5.41) is 3.85. The van der Waals surface area contributed by atoms with Crippen molar-refractivity contribution in [2.45, 2.75) is 32.7 Å². The number of nitrogens with one attached hydrogen (secondary N) is 1. The minimum atomic E-state index is -0.281. The zero-order chi connectivity index (χ0) is 15.2. The molecule has 1 aromatic carbocycles. The minimum absolute atomic E-state index is 0.0824. The third-order valence-corrected chi connectivity index (χ3v) is 3.62. The molecule has 1 N–H and O–H groups in total. The van der Waals surface area contributed by atoms with Crippen LogP contribution in [0.5, 0.6) is 0 Å². The predicted molar refractivity (Wildman–Crippen MR) is 82.9 cm³/mol. The molecule has 0 amide bonds. The van der Waals surface area contributed by atoms with E-state index in [1.807, 2.05) is 13.0 Å². The van der Waals surface area contributed by atoms with E-state index in [0.717, 1.165) is 18.7 Å². The summed E-state index contributed by atoms with van der Waals surface area (Å²) in [6.45, 7) is 4.77. The Labute approximate surface area is 129 Å². The highest BCUT2D eigenvalue weighted by Crippen LogP contribution is 2.25. The highest BCUT2D eigenvalue weighted by atomic mass is 35.5. The molecule has 0 aliphatic carbocycles. The van der Waals surface area contributed by atoms with E-state index in [1.165, 1.54) is 6.07 Å². The molecule has 0 aliphatic rings. The first kappa shape index (κ1) is 15.9. The van der Waals surface area contributed by atoms with Gasteiger partial charge < -0.3 is 5.32 Å². The third kappa shape index (κ3) is 4.22. The van der Waals surface area contributed by atoms with E-state index in [0.29, 0.717) is 22.8 Å². The zero-order valence-electron chi connectivity index (χ0n) is 12.2. The molecule has 0 aliphatic heterocycles. The van der Waals surface area contributed by atoms with Crippen LogP contribution in [0.25, 0.3) is 0 Å². The summed E-state index contributed by atoms with van der Waals surface area (Å²) in [6, 6.07) is 6.53. The first-order valence-electron chi connectivity index (χ1n) is 7.07. The predicted octanol–water partition coefficient (Wildman–Crippen LogP) is 3.86. The van der Waals surface area contributed by atoms with Crippen LogP contribution in [-0.4, -0.2) is 16.5 Å². The van der Waals surface area contributed by atoms with Gasteiger partial charge in [0, 0.05) is 16.8 Å². The van der Waals surface area contributed by atoms with Crippen molar-refractivity contribution in [3.05, 3.63) is 58.4 Å². The molecule has 5 heteroatoms. The fraction of sp³-hybridized carbons (Fsp3) is 0.375. The Hall–Kier alpha value is -1.52. The van der Waals surface area contributed by atoms with Crippen LogP contribution in [0.4, 0.5) is 4.39 Å². The summed E-state index contributed by atoms with van der Waals surface area (Å²) in [5.74, 6) is 0.423. The lowest BCUT2D eigenvalue weighted by molar-refractivity contribution is 0.501. The number of benzene rings is 1. The Balaban J connectivity index is 2.28. The van der Waals surface area contributed by atoms with Crippen molar-refractivity contribution in [3.8, 4) is 0 Å². The quantitative estimate of drug-likeness (QED) is 0.880. The van der Waals surface area contributed by atoms with Gasteiger partial charge in [0.2, 0.25) is 0 Å². The number of halogens is 2. The first-order valence-corrected chi connectivity index (χ1v) is 7.45. The largest absolute Gasteiger partial charge is 0.308 e. The van der Waals surface area contributed by atoms with E-state index in [9.17, 15) is 4.39 Å². The molecule has 1 heterocycles. The number of hydrogen-bond donors (Lipinski definition) is 1. The third-order valence-electron chi connectivity index (χ3n) is 3.27. The van der Waals surface area contributed by atoms with Crippen molar-refractivity contribution in [1.82, 2.24) is 15.3 Å². The Morgan fingerprint density at radius 1 is 1.33 bits per heavy atom. The average Bonchev–Trinajstić information content (AvgIpc) is 2.46. The molecule has 3 nitrogen and oxygen atoms in total. The minimum Gasteiger partial charge on any atom is -0.308 e. The number of aromatic nitrogens is 2. The Morgan fingerprint density at radius 2 is 2.14 bits per heavy atom. The summed E-state index contributed by atoms with van der Waals surface area (Å²) in [4.78, 5) is 8.55. The topological polar surface area (TPSA) is 37.8 Å². The van der Waals surface area contributed by atoms with Gasteiger partial charge in [-0.15, -0.1) is 0 Å². The maximum Gasteiger partial charge on any atom is 0.127 e. The maximum absolute atomic E-state index is 14.0. The van der Waals surface area contributed by atoms with Gasteiger partial charge in [-0.25, -0.2) is 14.4 Å². The molecule has 112 valence electrons. The number of aryl methyl sites for hydroxylation is 1. The molecule has 0 saturated carbocycles. The maximum atomic E-state index is 14.0. The summed E-state index contributed by atoms with van der Waals surface area (Å²) >= 11 is 6.13. The average molecular weight is 308 g/mol. The van der Waals surface area contributed by atoms with Gasteiger partial charge >= 0.3 is 0 Å². The fourth-order valence-electron chi connectivity index (χ4n) is 2.20. The van der Waals surface area contributed by atoms with Gasteiger partial charge in [-0.2, -0.15) is 0 Å². The molecule has 2 rings (SSSR count). The SMILES string of the molecule is CCCNC(Cc1c(F)cccc1Cl)c1ccnc(C)n1. The van der Waals surface area contributed by atoms with Gasteiger partial charge in [-0.3, -0.25) is 0 Å². The van der Waals surface area contributed by atoms with Crippen LogP contribution in [0.1, 0.15) is 36.5 Å². The van der Waals surface area contributed by atoms with Crippen LogP contribution in [0, 0.1) is 12.7 Å². The standard InChI is InChI=1S/C16H19ClFN3/c1-3-8-20-16(15-7-9-19-11(2)21-15)10-12-13(17)5-4-6-14(12)18/h4-7,9,16,20H,3,8,10H2,1-2H3. The van der Waals surface area contributed by atoms with E-state index in [-0.39, 0.29) is 11.9 Å². The van der Waals surface area contributed by atoms with Gasteiger partial charge in [0.05, 0.1) is 11.7 Å². The summed E-state index contributed by atoms with van der Waals surface area (Å²) in [7, 11) is 0. The van der Waals surface area contributed by atoms with Crippen LogP contribution < -0.4 is 5.32 Å². The summed E-state index contributed by atoms with van der Waals surface area (Å²) in [5.41, 5.74) is 1.37. The molecule has 1 unspecified atom stereocenters. The Kier molecular flexibility index (Phi) is 5.65. The molecule has 21 heavy (non-hydrogen) atoms. The van der Waals surface area contributed by atoms with Crippen molar-refractivity contribution < 1.29 is 4.39 Å². The molecule has 0 radical (unpaired) electrons. The van der Waals surface area contributed by atoms with Gasteiger partial charge in [0.15, 0.2) is 0 Å². The second-order valence-electron chi connectivity index (χ2n) is 4.94. The van der Waals surface area contributed by atoms with E-state index in [1.54, 1.807) is 18.3 Å². The van der Waals surface area contributed by atoms with Crippen molar-refractivity contribution in [1.29, 1.82) is 0 Å². The molecule has 0 bridgehead atoms. The molecule has 2 aromatic rings. The molecule has 1 aromatic heterocycles. The lowest BCUT2D eigenvalue weighted by Gasteiger charge is -2.19. The molecular weight excluding hydrogens is 289 g/mol. The van der Waals surface area contributed by atoms with E-state index < -0.39 is 0 Å². The first-order chi connectivity index (χ1) is 10.1. The highest BCUT2D eigenvalue weighted by Gasteiger charge is 2.17. The fourth-order valence-corrected chi connectivity index (χ4v) is 2.44. The lowest BCUT2D eigenvalue weighted by Crippen LogP contribution is -2.25. The Bertz CT molecular complexity index is 584. The summed E-state index contributed by atoms with van der Waals surface area (Å²) < 4.78 is 14.0. The number of rotatable bonds is 6. The van der Waals surface area contributed by atoms with Crippen molar-refractivity contribution in [2.24, 2.45) is 0 Å². The van der Waals surface area contributed by atoms with Gasteiger partial charge in [0.25, 0.3) is 0 Å². The van der Waals surface area contributed by atoms with E-state index >= 15 is 0 Å². The number of hydrogen-bond acceptors (Lipinski definition) is 3. The summed E-state index contributed by atoms with van der Waals surface area (Å²) in [6.07, 6.45) is 3.18. The van der Waals surface area contributed by atoms with Crippen LogP contribution in [-0.2, 0) is 6.42 Å². The van der Waals surface area contributed by atoms with Crippen molar-refractivity contribution in [2.75, 3.05) is 6.54 Å². The van der Waals surface area contributed by atoms with Crippen LogP contribution in [0.15, 0.2) is 30.5 Å². The molecule has 0 saturated heterocycles.